The molecule has 0 saturated carbocycles. The summed E-state index contributed by atoms with van der Waals surface area (Å²) in [6, 6.07) is 8.19. The number of ketones is 1. The molecule has 0 saturated heterocycles. The van der Waals surface area contributed by atoms with Gasteiger partial charge in [0.2, 0.25) is 0 Å². The lowest BCUT2D eigenvalue weighted by molar-refractivity contribution is 0.0917. The first-order chi connectivity index (χ1) is 8.59. The molecule has 0 fully saturated rings. The van der Waals surface area contributed by atoms with E-state index >= 15 is 0 Å². The van der Waals surface area contributed by atoms with Crippen molar-refractivity contribution in [3.63, 3.8) is 0 Å². The Morgan fingerprint density at radius 2 is 2.22 bits per heavy atom. The lowest BCUT2D eigenvalue weighted by atomic mass is 10.2. The van der Waals surface area contributed by atoms with Crippen LogP contribution in [0.25, 0.3) is 0 Å². The topological polar surface area (TPSA) is 25.2 Å². The quantitative estimate of drug-likeness (QED) is 0.774. The van der Waals surface area contributed by atoms with Gasteiger partial charge in [-0.3, -0.25) is 9.69 Å². The van der Waals surface area contributed by atoms with Gasteiger partial charge in [-0.2, -0.15) is 0 Å². The van der Waals surface area contributed by atoms with E-state index in [1.165, 1.54) is 4.88 Å². The molecule has 18 heavy (non-hydrogen) atoms. The van der Waals surface area contributed by atoms with Crippen molar-refractivity contribution in [3.05, 3.63) is 46.4 Å². The van der Waals surface area contributed by atoms with Gasteiger partial charge >= 0.3 is 0 Å². The number of carbonyl (C=O) groups is 1. The second-order valence-electron chi connectivity index (χ2n) is 4.53. The van der Waals surface area contributed by atoms with Gasteiger partial charge in [0.05, 0.1) is 12.2 Å². The standard InChI is InChI=1S/C14H18N2OS/c1-11(14-7-5-9-18-14)16(3)10-13(17)12-6-4-8-15(12)2/h4-9,11H,10H2,1-3H3. The van der Waals surface area contributed by atoms with Crippen LogP contribution in [-0.2, 0) is 7.05 Å². The van der Waals surface area contributed by atoms with Gasteiger partial charge in [0.1, 0.15) is 0 Å². The lowest BCUT2D eigenvalue weighted by Gasteiger charge is -2.23. The molecule has 1 unspecified atom stereocenters. The molecule has 96 valence electrons. The summed E-state index contributed by atoms with van der Waals surface area (Å²) in [5.74, 6) is 0.161. The van der Waals surface area contributed by atoms with Gasteiger partial charge in [-0.1, -0.05) is 6.07 Å². The molecule has 0 radical (unpaired) electrons. The maximum absolute atomic E-state index is 12.2. The van der Waals surface area contributed by atoms with Crippen LogP contribution >= 0.6 is 11.3 Å². The molecule has 0 aromatic carbocycles. The molecule has 2 aromatic rings. The first-order valence-electron chi connectivity index (χ1n) is 5.97. The van der Waals surface area contributed by atoms with E-state index in [1.807, 2.05) is 43.1 Å². The molecule has 4 heteroatoms. The third-order valence-electron chi connectivity index (χ3n) is 3.24. The predicted molar refractivity (Wildman–Crippen MR) is 75.1 cm³/mol. The van der Waals surface area contributed by atoms with Crippen molar-refractivity contribution in [3.8, 4) is 0 Å². The van der Waals surface area contributed by atoms with Crippen LogP contribution in [0.15, 0.2) is 35.8 Å². The molecule has 3 nitrogen and oxygen atoms in total. The number of hydrogen-bond acceptors (Lipinski definition) is 3. The Bertz CT molecular complexity index is 516. The molecule has 0 aliphatic rings. The van der Waals surface area contributed by atoms with Gasteiger partial charge in [0, 0.05) is 24.2 Å². The Hall–Kier alpha value is -1.39. The molecule has 0 aliphatic carbocycles. The average molecular weight is 262 g/mol. The number of rotatable bonds is 5. The molecule has 0 amide bonds. The summed E-state index contributed by atoms with van der Waals surface area (Å²) in [7, 11) is 3.89. The molecule has 0 N–H and O–H groups in total. The van der Waals surface area contributed by atoms with Crippen LogP contribution in [-0.4, -0.2) is 28.8 Å². The van der Waals surface area contributed by atoms with Crippen LogP contribution in [0.4, 0.5) is 0 Å². The number of aryl methyl sites for hydroxylation is 1. The first-order valence-corrected chi connectivity index (χ1v) is 6.85. The Balaban J connectivity index is 2.02. The van der Waals surface area contributed by atoms with Gasteiger partial charge in [-0.05, 0) is 37.6 Å². The van der Waals surface area contributed by atoms with Crippen molar-refractivity contribution in [2.75, 3.05) is 13.6 Å². The number of thiophene rings is 1. The van der Waals surface area contributed by atoms with E-state index in [0.29, 0.717) is 6.54 Å². The zero-order valence-corrected chi connectivity index (χ0v) is 11.8. The van der Waals surface area contributed by atoms with Crippen molar-refractivity contribution in [1.29, 1.82) is 0 Å². The molecule has 2 heterocycles. The fourth-order valence-corrected chi connectivity index (χ4v) is 2.79. The van der Waals surface area contributed by atoms with Gasteiger partial charge in [-0.25, -0.2) is 0 Å². The monoisotopic (exact) mass is 262 g/mol. The highest BCUT2D eigenvalue weighted by Gasteiger charge is 2.17. The number of Topliss-reactive ketones (excluding diaryl/α,β-unsaturated/α-hetero) is 1. The van der Waals surface area contributed by atoms with Crippen LogP contribution in [0.1, 0.15) is 28.3 Å². The Morgan fingerprint density at radius 3 is 2.78 bits per heavy atom. The zero-order chi connectivity index (χ0) is 13.1. The van der Waals surface area contributed by atoms with E-state index in [0.717, 1.165) is 5.69 Å². The van der Waals surface area contributed by atoms with E-state index < -0.39 is 0 Å². The van der Waals surface area contributed by atoms with E-state index in [2.05, 4.69) is 23.3 Å². The maximum atomic E-state index is 12.2. The summed E-state index contributed by atoms with van der Waals surface area (Å²) in [6.45, 7) is 2.57. The van der Waals surface area contributed by atoms with Crippen LogP contribution in [0.2, 0.25) is 0 Å². The molecule has 2 rings (SSSR count). The number of aromatic nitrogens is 1. The lowest BCUT2D eigenvalue weighted by Crippen LogP contribution is -2.29. The third kappa shape index (κ3) is 2.71. The number of carbonyl (C=O) groups excluding carboxylic acids is 1. The van der Waals surface area contributed by atoms with Gasteiger partial charge < -0.3 is 4.57 Å². The van der Waals surface area contributed by atoms with Crippen molar-refractivity contribution in [2.24, 2.45) is 7.05 Å². The van der Waals surface area contributed by atoms with E-state index in [9.17, 15) is 4.79 Å². The maximum Gasteiger partial charge on any atom is 0.193 e. The average Bonchev–Trinajstić information content (AvgIpc) is 2.98. The normalized spacial score (nSPS) is 12.9. The Labute approximate surface area is 112 Å². The summed E-state index contributed by atoms with van der Waals surface area (Å²) in [4.78, 5) is 15.5. The molecule has 2 aromatic heterocycles. The van der Waals surface area contributed by atoms with Crippen LogP contribution < -0.4 is 0 Å². The summed E-state index contributed by atoms with van der Waals surface area (Å²) < 4.78 is 1.87. The molecular weight excluding hydrogens is 244 g/mol. The van der Waals surface area contributed by atoms with Crippen molar-refractivity contribution in [2.45, 2.75) is 13.0 Å². The predicted octanol–water partition coefficient (Wildman–Crippen LogP) is 2.96. The van der Waals surface area contributed by atoms with E-state index in [4.69, 9.17) is 0 Å². The first kappa shape index (κ1) is 13.1. The molecule has 1 atom stereocenters. The highest BCUT2D eigenvalue weighted by molar-refractivity contribution is 7.10. The van der Waals surface area contributed by atoms with Crippen LogP contribution in [0, 0.1) is 0 Å². The summed E-state index contributed by atoms with van der Waals surface area (Å²) in [5.41, 5.74) is 0.764. The highest BCUT2D eigenvalue weighted by atomic mass is 32.1. The van der Waals surface area contributed by atoms with Crippen LogP contribution in [0.3, 0.4) is 0 Å². The third-order valence-corrected chi connectivity index (χ3v) is 4.28. The van der Waals surface area contributed by atoms with Crippen molar-refractivity contribution >= 4 is 17.1 Å². The Kier molecular flexibility index (Phi) is 3.99. The summed E-state index contributed by atoms with van der Waals surface area (Å²) in [6.07, 6.45) is 1.90. The number of hydrogen-bond donors (Lipinski definition) is 0. The smallest absolute Gasteiger partial charge is 0.193 e. The Morgan fingerprint density at radius 1 is 1.44 bits per heavy atom. The number of nitrogens with zero attached hydrogens (tertiary/aromatic N) is 2. The minimum Gasteiger partial charge on any atom is -0.348 e. The van der Waals surface area contributed by atoms with Crippen LogP contribution in [0.5, 0.6) is 0 Å². The van der Waals surface area contributed by atoms with Crippen molar-refractivity contribution < 1.29 is 4.79 Å². The molecule has 0 spiro atoms. The van der Waals surface area contributed by atoms with E-state index in [-0.39, 0.29) is 11.8 Å². The largest absolute Gasteiger partial charge is 0.348 e. The van der Waals surface area contributed by atoms with Gasteiger partial charge in [0.25, 0.3) is 0 Å². The van der Waals surface area contributed by atoms with E-state index in [1.54, 1.807) is 11.3 Å². The van der Waals surface area contributed by atoms with Crippen molar-refractivity contribution in [1.82, 2.24) is 9.47 Å². The fraction of sp³-hybridized carbons (Fsp3) is 0.357. The minimum absolute atomic E-state index is 0.161. The number of likely N-dealkylation sites (N-methyl/N-ethyl adjacent to an activating group) is 1. The minimum atomic E-state index is 0.161. The summed E-state index contributed by atoms with van der Waals surface area (Å²) in [5, 5.41) is 2.07. The second-order valence-corrected chi connectivity index (χ2v) is 5.51. The SMILES string of the molecule is CC(c1cccs1)N(C)CC(=O)c1cccn1C. The molecule has 0 aliphatic heterocycles. The zero-order valence-electron chi connectivity index (χ0n) is 11.0. The highest BCUT2D eigenvalue weighted by Crippen LogP contribution is 2.23. The van der Waals surface area contributed by atoms with Gasteiger partial charge in [0.15, 0.2) is 5.78 Å². The fourth-order valence-electron chi connectivity index (χ4n) is 1.94. The second kappa shape index (κ2) is 5.50. The summed E-state index contributed by atoms with van der Waals surface area (Å²) >= 11 is 1.73. The molecular formula is C14H18N2OS. The van der Waals surface area contributed by atoms with Gasteiger partial charge in [-0.15, -0.1) is 11.3 Å². The molecule has 0 bridgehead atoms.